The maximum atomic E-state index is 5.71. The van der Waals surface area contributed by atoms with Crippen LogP contribution in [0.4, 0.5) is 0 Å². The van der Waals surface area contributed by atoms with E-state index >= 15 is 0 Å². The van der Waals surface area contributed by atoms with Crippen LogP contribution in [0.3, 0.4) is 0 Å². The summed E-state index contributed by atoms with van der Waals surface area (Å²) in [4.78, 5) is 0. The van der Waals surface area contributed by atoms with Crippen molar-refractivity contribution in [3.8, 4) is 0 Å². The maximum Gasteiger partial charge on any atom is 0.0580 e. The van der Waals surface area contributed by atoms with Gasteiger partial charge in [-0.25, -0.2) is 0 Å². The van der Waals surface area contributed by atoms with Gasteiger partial charge in [-0.05, 0) is 38.5 Å². The molecule has 0 saturated heterocycles. The fraction of sp³-hybridized carbons (Fsp3) is 1.00. The Labute approximate surface area is 132 Å². The van der Waals surface area contributed by atoms with Gasteiger partial charge in [-0.1, -0.05) is 58.3 Å². The van der Waals surface area contributed by atoms with Crippen molar-refractivity contribution in [3.63, 3.8) is 0 Å². The lowest BCUT2D eigenvalue weighted by atomic mass is 9.77. The number of rotatable bonds is 14. The zero-order valence-corrected chi connectivity index (χ0v) is 14.4. The molecule has 0 aromatic heterocycles. The van der Waals surface area contributed by atoms with E-state index in [1.165, 1.54) is 77.0 Å². The van der Waals surface area contributed by atoms with E-state index in [1.54, 1.807) is 0 Å². The first-order chi connectivity index (χ1) is 10.3. The molecule has 0 spiro atoms. The Kier molecular flexibility index (Phi) is 11.2. The van der Waals surface area contributed by atoms with Crippen LogP contribution in [-0.2, 0) is 4.74 Å². The molecule has 126 valence electrons. The van der Waals surface area contributed by atoms with E-state index in [4.69, 9.17) is 10.6 Å². The molecule has 0 bridgehead atoms. The molecule has 1 saturated carbocycles. The van der Waals surface area contributed by atoms with Crippen molar-refractivity contribution in [2.45, 2.75) is 103 Å². The quantitative estimate of drug-likeness (QED) is 0.281. The fourth-order valence-electron chi connectivity index (χ4n) is 3.43. The van der Waals surface area contributed by atoms with Crippen molar-refractivity contribution < 1.29 is 4.74 Å². The van der Waals surface area contributed by atoms with Gasteiger partial charge in [0.25, 0.3) is 0 Å². The van der Waals surface area contributed by atoms with E-state index < -0.39 is 0 Å². The molecule has 0 aromatic carbocycles. The van der Waals surface area contributed by atoms with Gasteiger partial charge in [-0.3, -0.25) is 11.3 Å². The van der Waals surface area contributed by atoms with Gasteiger partial charge in [0.05, 0.1) is 6.10 Å². The molecule has 0 aliphatic heterocycles. The number of unbranched alkanes of at least 4 members (excludes halogenated alkanes) is 7. The van der Waals surface area contributed by atoms with Crippen LogP contribution < -0.4 is 11.3 Å². The van der Waals surface area contributed by atoms with Crippen LogP contribution in [0.25, 0.3) is 0 Å². The second-order valence-electron chi connectivity index (χ2n) is 6.78. The molecule has 0 heterocycles. The Morgan fingerprint density at radius 3 is 2.19 bits per heavy atom. The van der Waals surface area contributed by atoms with Crippen LogP contribution in [0.5, 0.6) is 0 Å². The smallest absolute Gasteiger partial charge is 0.0580 e. The lowest BCUT2D eigenvalue weighted by Gasteiger charge is -2.37. The molecule has 0 radical (unpaired) electrons. The van der Waals surface area contributed by atoms with E-state index in [9.17, 15) is 0 Å². The standard InChI is InChI=1S/C18H38N2O/c1-3-5-6-7-8-9-10-11-12-17(20-19)13-16-14-18(15-16)21-4-2/h16-18,20H,3-15,19H2,1-2H3. The van der Waals surface area contributed by atoms with Gasteiger partial charge in [0.15, 0.2) is 0 Å². The fourth-order valence-corrected chi connectivity index (χ4v) is 3.43. The molecule has 1 aliphatic rings. The molecule has 1 unspecified atom stereocenters. The highest BCUT2D eigenvalue weighted by molar-refractivity contribution is 4.83. The number of hydrogen-bond donors (Lipinski definition) is 2. The van der Waals surface area contributed by atoms with E-state index in [0.29, 0.717) is 12.1 Å². The molecule has 3 N–H and O–H groups in total. The maximum absolute atomic E-state index is 5.71. The van der Waals surface area contributed by atoms with Gasteiger partial charge in [-0.15, -0.1) is 0 Å². The van der Waals surface area contributed by atoms with Crippen LogP contribution in [-0.4, -0.2) is 18.8 Å². The summed E-state index contributed by atoms with van der Waals surface area (Å²) in [7, 11) is 0. The van der Waals surface area contributed by atoms with E-state index in [-0.39, 0.29) is 0 Å². The van der Waals surface area contributed by atoms with E-state index in [1.807, 2.05) is 0 Å². The highest BCUT2D eigenvalue weighted by Gasteiger charge is 2.30. The number of nitrogens with one attached hydrogen (secondary N) is 1. The normalized spacial score (nSPS) is 23.0. The van der Waals surface area contributed by atoms with Crippen molar-refractivity contribution >= 4 is 0 Å². The van der Waals surface area contributed by atoms with Crippen molar-refractivity contribution in [2.24, 2.45) is 11.8 Å². The highest BCUT2D eigenvalue weighted by atomic mass is 16.5. The predicted molar refractivity (Wildman–Crippen MR) is 91.1 cm³/mol. The van der Waals surface area contributed by atoms with Gasteiger partial charge >= 0.3 is 0 Å². The summed E-state index contributed by atoms with van der Waals surface area (Å²) in [5.74, 6) is 6.54. The lowest BCUT2D eigenvalue weighted by Crippen LogP contribution is -2.41. The van der Waals surface area contributed by atoms with Gasteiger partial charge in [0, 0.05) is 12.6 Å². The number of ether oxygens (including phenoxy) is 1. The minimum Gasteiger partial charge on any atom is -0.378 e. The minimum atomic E-state index is 0.512. The topological polar surface area (TPSA) is 47.3 Å². The van der Waals surface area contributed by atoms with Gasteiger partial charge in [0.1, 0.15) is 0 Å². The third-order valence-electron chi connectivity index (χ3n) is 4.85. The first-order valence-electron chi connectivity index (χ1n) is 9.37. The van der Waals surface area contributed by atoms with Crippen molar-refractivity contribution in [2.75, 3.05) is 6.61 Å². The second kappa shape index (κ2) is 12.4. The second-order valence-corrected chi connectivity index (χ2v) is 6.78. The molecule has 0 aromatic rings. The first-order valence-corrected chi connectivity index (χ1v) is 9.37. The van der Waals surface area contributed by atoms with Crippen LogP contribution in [0.15, 0.2) is 0 Å². The third-order valence-corrected chi connectivity index (χ3v) is 4.85. The Hall–Kier alpha value is -0.120. The Morgan fingerprint density at radius 2 is 1.62 bits per heavy atom. The molecular formula is C18H38N2O. The molecule has 1 atom stereocenters. The lowest BCUT2D eigenvalue weighted by molar-refractivity contribution is -0.0293. The summed E-state index contributed by atoms with van der Waals surface area (Å²) in [5, 5.41) is 0. The van der Waals surface area contributed by atoms with E-state index in [2.05, 4.69) is 19.3 Å². The predicted octanol–water partition coefficient (Wildman–Crippen LogP) is 4.55. The number of hydrogen-bond acceptors (Lipinski definition) is 3. The number of nitrogens with two attached hydrogens (primary N) is 1. The average Bonchev–Trinajstić information content (AvgIpc) is 2.46. The molecule has 3 nitrogen and oxygen atoms in total. The molecule has 0 amide bonds. The SMILES string of the molecule is CCCCCCCCCCC(CC1CC(OCC)C1)NN. The van der Waals surface area contributed by atoms with Crippen molar-refractivity contribution in [1.29, 1.82) is 0 Å². The van der Waals surface area contributed by atoms with Crippen LogP contribution in [0, 0.1) is 5.92 Å². The minimum absolute atomic E-state index is 0.512. The zero-order valence-electron chi connectivity index (χ0n) is 14.4. The average molecular weight is 299 g/mol. The molecule has 1 fully saturated rings. The highest BCUT2D eigenvalue weighted by Crippen LogP contribution is 2.34. The third kappa shape index (κ3) is 8.80. The van der Waals surface area contributed by atoms with Gasteiger partial charge in [-0.2, -0.15) is 0 Å². The van der Waals surface area contributed by atoms with Gasteiger partial charge in [0.2, 0.25) is 0 Å². The Balaban J connectivity index is 1.92. The largest absolute Gasteiger partial charge is 0.378 e. The summed E-state index contributed by atoms with van der Waals surface area (Å²) in [6.07, 6.45) is 16.6. The number of hydrazine groups is 1. The van der Waals surface area contributed by atoms with Crippen molar-refractivity contribution in [1.82, 2.24) is 5.43 Å². The monoisotopic (exact) mass is 298 g/mol. The molecule has 3 heteroatoms. The summed E-state index contributed by atoms with van der Waals surface area (Å²) in [6, 6.07) is 0.512. The zero-order chi connectivity index (χ0) is 15.3. The van der Waals surface area contributed by atoms with E-state index in [0.717, 1.165) is 12.5 Å². The van der Waals surface area contributed by atoms with Gasteiger partial charge < -0.3 is 4.74 Å². The summed E-state index contributed by atoms with van der Waals surface area (Å²) >= 11 is 0. The Bertz CT molecular complexity index is 229. The Morgan fingerprint density at radius 1 is 1.00 bits per heavy atom. The first kappa shape index (κ1) is 18.9. The summed E-state index contributed by atoms with van der Waals surface area (Å²) in [5.41, 5.74) is 3.03. The molecule has 1 aliphatic carbocycles. The van der Waals surface area contributed by atoms with Crippen molar-refractivity contribution in [3.05, 3.63) is 0 Å². The molecule has 21 heavy (non-hydrogen) atoms. The molecule has 1 rings (SSSR count). The van der Waals surface area contributed by atoms with Crippen LogP contribution >= 0.6 is 0 Å². The van der Waals surface area contributed by atoms with Crippen LogP contribution in [0.2, 0.25) is 0 Å². The molecular weight excluding hydrogens is 260 g/mol. The van der Waals surface area contributed by atoms with Crippen LogP contribution in [0.1, 0.15) is 90.9 Å². The summed E-state index contributed by atoms with van der Waals surface area (Å²) in [6.45, 7) is 5.21. The summed E-state index contributed by atoms with van der Waals surface area (Å²) < 4.78 is 5.62.